The number of halogens is 2. The van der Waals surface area contributed by atoms with E-state index in [4.69, 9.17) is 5.73 Å². The number of nitrogens with one attached hydrogen (secondary N) is 1. The van der Waals surface area contributed by atoms with Gasteiger partial charge in [0.2, 0.25) is 0 Å². The van der Waals surface area contributed by atoms with Crippen LogP contribution in [-0.2, 0) is 6.42 Å². The summed E-state index contributed by atoms with van der Waals surface area (Å²) in [6.07, 6.45) is 1.70. The lowest BCUT2D eigenvalue weighted by molar-refractivity contribution is 0.400. The normalized spacial score (nSPS) is 19.1. The number of hydrogen-bond acceptors (Lipinski definition) is 2. The Hall–Kier alpha value is -2.56. The van der Waals surface area contributed by atoms with Crippen molar-refractivity contribution in [1.29, 1.82) is 0 Å². The molecule has 4 rings (SSSR count). The predicted octanol–water partition coefficient (Wildman–Crippen LogP) is 5.30. The molecular weight excluding hydrogens is 378 g/mol. The molecule has 2 nitrogen and oxygen atoms in total. The topological polar surface area (TPSA) is 38.0 Å². The van der Waals surface area contributed by atoms with Crippen molar-refractivity contribution in [1.82, 2.24) is 5.32 Å². The van der Waals surface area contributed by atoms with Crippen LogP contribution in [0.25, 0.3) is 11.1 Å². The van der Waals surface area contributed by atoms with Gasteiger partial charge in [-0.25, -0.2) is 8.78 Å². The number of nitrogens with two attached hydrogens (primary N) is 1. The fraction of sp³-hybridized carbons (Fsp3) is 0.308. The van der Waals surface area contributed by atoms with Gasteiger partial charge in [0.05, 0.1) is 0 Å². The summed E-state index contributed by atoms with van der Waals surface area (Å²) in [7, 11) is 0. The van der Waals surface area contributed by atoms with Crippen LogP contribution >= 0.6 is 0 Å². The van der Waals surface area contributed by atoms with Crippen LogP contribution in [0.4, 0.5) is 8.78 Å². The molecule has 4 heteroatoms. The van der Waals surface area contributed by atoms with Crippen LogP contribution in [0.2, 0.25) is 0 Å². The average molecular weight is 407 g/mol. The van der Waals surface area contributed by atoms with Crippen LogP contribution in [0.3, 0.4) is 0 Å². The summed E-state index contributed by atoms with van der Waals surface area (Å²) in [4.78, 5) is 0. The van der Waals surface area contributed by atoms with Crippen molar-refractivity contribution in [2.45, 2.75) is 31.6 Å². The molecule has 1 aliphatic rings. The second kappa shape index (κ2) is 9.07. The first-order valence-corrected chi connectivity index (χ1v) is 10.6. The smallest absolute Gasteiger partial charge is 0.126 e. The molecule has 1 fully saturated rings. The molecule has 3 N–H and O–H groups in total. The highest BCUT2D eigenvalue weighted by molar-refractivity contribution is 5.69. The minimum Gasteiger partial charge on any atom is -0.330 e. The molecule has 1 saturated heterocycles. The quantitative estimate of drug-likeness (QED) is 0.603. The first-order valence-electron chi connectivity index (χ1n) is 10.6. The molecule has 156 valence electrons. The summed E-state index contributed by atoms with van der Waals surface area (Å²) < 4.78 is 27.7. The van der Waals surface area contributed by atoms with Crippen LogP contribution in [0.15, 0.2) is 60.7 Å². The Balaban J connectivity index is 1.69. The number of aryl methyl sites for hydroxylation is 1. The number of rotatable bonds is 5. The molecule has 0 aromatic heterocycles. The molecule has 0 radical (unpaired) electrons. The largest absolute Gasteiger partial charge is 0.330 e. The highest BCUT2D eigenvalue weighted by Gasteiger charge is 2.29. The lowest BCUT2D eigenvalue weighted by atomic mass is 9.75. The minimum absolute atomic E-state index is 0.0885. The van der Waals surface area contributed by atoms with Gasteiger partial charge in [0.1, 0.15) is 11.6 Å². The highest BCUT2D eigenvalue weighted by atomic mass is 19.1. The van der Waals surface area contributed by atoms with E-state index in [2.05, 4.69) is 48.6 Å². The molecule has 1 aliphatic heterocycles. The molecular formula is C26H28F2N2. The lowest BCUT2D eigenvalue weighted by Gasteiger charge is -2.34. The Morgan fingerprint density at radius 3 is 2.47 bits per heavy atom. The Bertz CT molecular complexity index is 1010. The van der Waals surface area contributed by atoms with E-state index < -0.39 is 11.6 Å². The van der Waals surface area contributed by atoms with E-state index >= 15 is 0 Å². The number of piperidine rings is 1. The van der Waals surface area contributed by atoms with Gasteiger partial charge in [0, 0.05) is 18.5 Å². The van der Waals surface area contributed by atoms with Crippen molar-refractivity contribution in [3.05, 3.63) is 94.6 Å². The lowest BCUT2D eigenvalue weighted by Crippen LogP contribution is -2.34. The molecule has 3 aromatic rings. The average Bonchev–Trinajstić information content (AvgIpc) is 2.74. The van der Waals surface area contributed by atoms with E-state index in [1.165, 1.54) is 39.9 Å². The van der Waals surface area contributed by atoms with E-state index in [1.54, 1.807) is 0 Å². The molecule has 0 saturated carbocycles. The third-order valence-corrected chi connectivity index (χ3v) is 6.21. The summed E-state index contributed by atoms with van der Waals surface area (Å²) in [5.41, 5.74) is 12.6. The number of benzene rings is 3. The zero-order valence-corrected chi connectivity index (χ0v) is 17.3. The van der Waals surface area contributed by atoms with Gasteiger partial charge in [-0.3, -0.25) is 0 Å². The van der Waals surface area contributed by atoms with Crippen molar-refractivity contribution in [2.75, 3.05) is 19.6 Å². The van der Waals surface area contributed by atoms with E-state index in [0.717, 1.165) is 37.6 Å². The van der Waals surface area contributed by atoms with Crippen molar-refractivity contribution in [2.24, 2.45) is 5.73 Å². The maximum atomic E-state index is 13.9. The van der Waals surface area contributed by atoms with Crippen LogP contribution in [-0.4, -0.2) is 19.6 Å². The molecule has 1 heterocycles. The monoisotopic (exact) mass is 406 g/mol. The van der Waals surface area contributed by atoms with Crippen molar-refractivity contribution >= 4 is 0 Å². The SMILES string of the molecule is Cc1cc(-c2ccccc2CCN)ccc1[C@H]1CNCC[C@@H]1c1cc(F)cc(F)c1. The zero-order valence-electron chi connectivity index (χ0n) is 17.3. The molecule has 0 bridgehead atoms. The fourth-order valence-corrected chi connectivity index (χ4v) is 4.81. The van der Waals surface area contributed by atoms with Crippen molar-refractivity contribution in [3.63, 3.8) is 0 Å². The fourth-order valence-electron chi connectivity index (χ4n) is 4.81. The summed E-state index contributed by atoms with van der Waals surface area (Å²) in [6.45, 7) is 4.39. The maximum absolute atomic E-state index is 13.9. The van der Waals surface area contributed by atoms with Crippen LogP contribution < -0.4 is 11.1 Å². The first-order chi connectivity index (χ1) is 14.6. The molecule has 0 unspecified atom stereocenters. The van der Waals surface area contributed by atoms with E-state index in [1.807, 2.05) is 6.07 Å². The van der Waals surface area contributed by atoms with Gasteiger partial charge in [0.25, 0.3) is 0 Å². The highest BCUT2D eigenvalue weighted by Crippen LogP contribution is 2.40. The first kappa shape index (κ1) is 20.7. The molecule has 30 heavy (non-hydrogen) atoms. The van der Waals surface area contributed by atoms with Crippen molar-refractivity contribution in [3.8, 4) is 11.1 Å². The van der Waals surface area contributed by atoms with Crippen LogP contribution in [0, 0.1) is 18.6 Å². The summed E-state index contributed by atoms with van der Waals surface area (Å²) in [6, 6.07) is 18.9. The van der Waals surface area contributed by atoms with Gasteiger partial charge in [0.15, 0.2) is 0 Å². The minimum atomic E-state index is -0.508. The Kier molecular flexibility index (Phi) is 6.26. The maximum Gasteiger partial charge on any atom is 0.126 e. The van der Waals surface area contributed by atoms with E-state index in [0.29, 0.717) is 6.54 Å². The van der Waals surface area contributed by atoms with Gasteiger partial charge in [-0.05, 0) is 84.3 Å². The van der Waals surface area contributed by atoms with Crippen LogP contribution in [0.5, 0.6) is 0 Å². The third kappa shape index (κ3) is 4.30. The zero-order chi connectivity index (χ0) is 21.1. The molecule has 3 aromatic carbocycles. The second-order valence-electron chi connectivity index (χ2n) is 8.18. The van der Waals surface area contributed by atoms with E-state index in [9.17, 15) is 8.78 Å². The van der Waals surface area contributed by atoms with Gasteiger partial charge in [-0.15, -0.1) is 0 Å². The number of hydrogen-bond donors (Lipinski definition) is 2. The summed E-state index contributed by atoms with van der Waals surface area (Å²) >= 11 is 0. The Morgan fingerprint density at radius 2 is 1.73 bits per heavy atom. The molecule has 0 spiro atoms. The van der Waals surface area contributed by atoms with Gasteiger partial charge < -0.3 is 11.1 Å². The second-order valence-corrected chi connectivity index (χ2v) is 8.18. The molecule has 0 aliphatic carbocycles. The van der Waals surface area contributed by atoms with Crippen LogP contribution in [0.1, 0.15) is 40.5 Å². The summed E-state index contributed by atoms with van der Waals surface area (Å²) in [5.74, 6) is -0.754. The Labute approximate surface area is 177 Å². The Morgan fingerprint density at radius 1 is 0.967 bits per heavy atom. The third-order valence-electron chi connectivity index (χ3n) is 6.21. The molecule has 2 atom stereocenters. The van der Waals surface area contributed by atoms with E-state index in [-0.39, 0.29) is 11.8 Å². The van der Waals surface area contributed by atoms with Gasteiger partial charge in [-0.1, -0.05) is 42.5 Å². The molecule has 0 amide bonds. The standard InChI is InChI=1S/C26H28F2N2/c1-17-12-19(24-5-3-2-4-18(24)8-10-29)6-7-23(17)26-16-30-11-9-25(26)20-13-21(27)15-22(28)14-20/h2-7,12-15,25-26,30H,8-11,16,29H2,1H3/t25-,26-/m1/s1. The van der Waals surface area contributed by atoms with Gasteiger partial charge in [-0.2, -0.15) is 0 Å². The van der Waals surface area contributed by atoms with Crippen molar-refractivity contribution < 1.29 is 8.78 Å². The predicted molar refractivity (Wildman–Crippen MR) is 119 cm³/mol. The summed E-state index contributed by atoms with van der Waals surface area (Å²) in [5, 5.41) is 3.46. The van der Waals surface area contributed by atoms with Gasteiger partial charge >= 0.3 is 0 Å².